The Bertz CT molecular complexity index is 737. The molecule has 4 rings (SSSR count). The summed E-state index contributed by atoms with van der Waals surface area (Å²) in [7, 11) is 0. The quantitative estimate of drug-likeness (QED) is 0.471. The van der Waals surface area contributed by atoms with Gasteiger partial charge in [-0.15, -0.1) is 0 Å². The monoisotopic (exact) mass is 400 g/mol. The molecule has 4 aliphatic carbocycles. The zero-order valence-electron chi connectivity index (χ0n) is 18.3. The molecule has 3 saturated carbocycles. The number of carbonyl (C=O) groups excluding carboxylic acids is 3. The molecule has 4 heteroatoms. The Morgan fingerprint density at radius 3 is 2.59 bits per heavy atom. The van der Waals surface area contributed by atoms with E-state index in [4.69, 9.17) is 4.74 Å². The summed E-state index contributed by atoms with van der Waals surface area (Å²) in [6, 6.07) is 0. The van der Waals surface area contributed by atoms with E-state index >= 15 is 0 Å². The Morgan fingerprint density at radius 2 is 1.83 bits per heavy atom. The molecular weight excluding hydrogens is 364 g/mol. The van der Waals surface area contributed by atoms with Crippen LogP contribution in [-0.2, 0) is 19.1 Å². The van der Waals surface area contributed by atoms with Crippen LogP contribution in [0.1, 0.15) is 91.4 Å². The van der Waals surface area contributed by atoms with Crippen LogP contribution in [0.5, 0.6) is 0 Å². The average Bonchev–Trinajstić information content (AvgIpc) is 2.98. The van der Waals surface area contributed by atoms with Crippen LogP contribution >= 0.6 is 0 Å². The fourth-order valence-electron chi connectivity index (χ4n) is 7.20. The van der Waals surface area contributed by atoms with Gasteiger partial charge in [-0.2, -0.15) is 0 Å². The molecule has 29 heavy (non-hydrogen) atoms. The van der Waals surface area contributed by atoms with Gasteiger partial charge in [0.1, 0.15) is 11.9 Å². The summed E-state index contributed by atoms with van der Waals surface area (Å²) in [5, 5.41) is 0. The minimum absolute atomic E-state index is 0.0852. The van der Waals surface area contributed by atoms with Gasteiger partial charge >= 0.3 is 5.97 Å². The number of rotatable bonds is 5. The van der Waals surface area contributed by atoms with Crippen LogP contribution in [0.25, 0.3) is 0 Å². The van der Waals surface area contributed by atoms with Crippen molar-refractivity contribution in [2.45, 2.75) is 97.5 Å². The van der Waals surface area contributed by atoms with Crippen molar-refractivity contribution in [3.63, 3.8) is 0 Å². The maximum absolute atomic E-state index is 12.7. The number of Topliss-reactive ketones (excluding diaryl/α,β-unsaturated/α-hetero) is 1. The zero-order chi connectivity index (χ0) is 20.8. The van der Waals surface area contributed by atoms with Gasteiger partial charge < -0.3 is 4.74 Å². The first-order valence-corrected chi connectivity index (χ1v) is 11.8. The van der Waals surface area contributed by atoms with Crippen LogP contribution in [0, 0.1) is 28.6 Å². The lowest BCUT2D eigenvalue weighted by Gasteiger charge is -2.58. The molecule has 4 nitrogen and oxygen atoms in total. The first kappa shape index (κ1) is 20.8. The van der Waals surface area contributed by atoms with Crippen LogP contribution in [-0.4, -0.2) is 23.6 Å². The van der Waals surface area contributed by atoms with Crippen molar-refractivity contribution in [1.82, 2.24) is 0 Å². The minimum atomic E-state index is -0.294. The third-order valence-electron chi connectivity index (χ3n) is 8.92. The van der Waals surface area contributed by atoms with Gasteiger partial charge in [-0.25, -0.2) is 0 Å². The third-order valence-corrected chi connectivity index (χ3v) is 8.92. The topological polar surface area (TPSA) is 60.4 Å². The average molecular weight is 401 g/mol. The molecule has 0 radical (unpaired) electrons. The van der Waals surface area contributed by atoms with Gasteiger partial charge in [-0.1, -0.05) is 33.6 Å². The van der Waals surface area contributed by atoms with Crippen molar-refractivity contribution >= 4 is 17.5 Å². The molecule has 0 N–H and O–H groups in total. The van der Waals surface area contributed by atoms with Crippen LogP contribution < -0.4 is 0 Å². The molecule has 0 amide bonds. The standard InChI is InChI=1S/C25H36O4/c1-4-5-6-7-23(28)29-21-15-17-18-8-9-22(27)25(18,3)13-11-19(17)24(2)12-10-16(26)14-20(21)24/h14,17-19,21H,4-13,15H2,1-3H3/t17-,18-,19-,21+,24+,25-/m0/s1. The maximum Gasteiger partial charge on any atom is 0.306 e. The highest BCUT2D eigenvalue weighted by molar-refractivity contribution is 5.92. The molecule has 0 saturated heterocycles. The minimum Gasteiger partial charge on any atom is -0.458 e. The number of fused-ring (bicyclic) bond motifs is 5. The zero-order valence-corrected chi connectivity index (χ0v) is 18.3. The number of ether oxygens (including phenoxy) is 1. The van der Waals surface area contributed by atoms with E-state index in [1.165, 1.54) is 0 Å². The van der Waals surface area contributed by atoms with E-state index < -0.39 is 0 Å². The summed E-state index contributed by atoms with van der Waals surface area (Å²) >= 11 is 0. The van der Waals surface area contributed by atoms with Gasteiger partial charge in [-0.3, -0.25) is 14.4 Å². The van der Waals surface area contributed by atoms with Crippen LogP contribution in [0.15, 0.2) is 11.6 Å². The van der Waals surface area contributed by atoms with Crippen molar-refractivity contribution in [2.75, 3.05) is 0 Å². The van der Waals surface area contributed by atoms with Crippen LogP contribution in [0.2, 0.25) is 0 Å². The predicted molar refractivity (Wildman–Crippen MR) is 111 cm³/mol. The van der Waals surface area contributed by atoms with Crippen molar-refractivity contribution in [3.8, 4) is 0 Å². The van der Waals surface area contributed by atoms with Crippen molar-refractivity contribution in [1.29, 1.82) is 0 Å². The molecule has 0 heterocycles. The van der Waals surface area contributed by atoms with Crippen molar-refractivity contribution in [2.24, 2.45) is 28.6 Å². The number of hydrogen-bond acceptors (Lipinski definition) is 4. The molecule has 0 unspecified atom stereocenters. The lowest BCUT2D eigenvalue weighted by Crippen LogP contribution is -2.54. The molecule has 0 spiro atoms. The Balaban J connectivity index is 1.62. The van der Waals surface area contributed by atoms with E-state index in [9.17, 15) is 14.4 Å². The van der Waals surface area contributed by atoms with E-state index in [2.05, 4.69) is 20.8 Å². The highest BCUT2D eigenvalue weighted by Crippen LogP contribution is 2.64. The molecule has 0 aromatic carbocycles. The normalized spacial score (nSPS) is 41.3. The number of carbonyl (C=O) groups is 3. The Hall–Kier alpha value is -1.45. The molecule has 4 aliphatic rings. The van der Waals surface area contributed by atoms with E-state index in [-0.39, 0.29) is 28.7 Å². The fourth-order valence-corrected chi connectivity index (χ4v) is 7.20. The fraction of sp³-hybridized carbons (Fsp3) is 0.800. The van der Waals surface area contributed by atoms with Gasteiger partial charge in [0, 0.05) is 24.7 Å². The molecule has 0 aliphatic heterocycles. The molecule has 160 valence electrons. The second-order valence-electron chi connectivity index (χ2n) is 10.4. The summed E-state index contributed by atoms with van der Waals surface area (Å²) < 4.78 is 6.03. The SMILES string of the molecule is CCCCCC(=O)O[C@@H]1C[C@@H]2[C@H](CC[C@]3(C)C(=O)CC[C@@H]23)[C@@]2(C)CCC(=O)C=C12. The number of hydrogen-bond donors (Lipinski definition) is 0. The molecule has 6 atom stereocenters. The second kappa shape index (κ2) is 7.67. The summed E-state index contributed by atoms with van der Waals surface area (Å²) in [4.78, 5) is 37.5. The Labute approximate surface area is 174 Å². The maximum atomic E-state index is 12.7. The Morgan fingerprint density at radius 1 is 1.07 bits per heavy atom. The number of unbranched alkanes of at least 4 members (excludes halogenated alkanes) is 2. The van der Waals surface area contributed by atoms with Gasteiger partial charge in [-0.05, 0) is 73.3 Å². The van der Waals surface area contributed by atoms with Gasteiger partial charge in [0.05, 0.1) is 0 Å². The first-order valence-electron chi connectivity index (χ1n) is 11.8. The summed E-state index contributed by atoms with van der Waals surface area (Å²) in [6.45, 7) is 6.59. The molecule has 0 aromatic heterocycles. The second-order valence-corrected chi connectivity index (χ2v) is 10.4. The third kappa shape index (κ3) is 3.41. The van der Waals surface area contributed by atoms with Gasteiger partial charge in [0.2, 0.25) is 0 Å². The van der Waals surface area contributed by atoms with Crippen LogP contribution in [0.4, 0.5) is 0 Å². The number of ketones is 2. The first-order chi connectivity index (χ1) is 13.8. The summed E-state index contributed by atoms with van der Waals surface area (Å²) in [5.74, 6) is 1.75. The molecule has 0 aromatic rings. The van der Waals surface area contributed by atoms with Gasteiger partial charge in [0.15, 0.2) is 5.78 Å². The van der Waals surface area contributed by atoms with E-state index in [0.29, 0.717) is 42.8 Å². The molecule has 0 bridgehead atoms. The molecular formula is C25H36O4. The highest BCUT2D eigenvalue weighted by Gasteiger charge is 2.61. The largest absolute Gasteiger partial charge is 0.458 e. The predicted octanol–water partition coefficient (Wildman–Crippen LogP) is 5.19. The smallest absolute Gasteiger partial charge is 0.306 e. The van der Waals surface area contributed by atoms with E-state index in [1.54, 1.807) is 6.08 Å². The summed E-state index contributed by atoms with van der Waals surface area (Å²) in [5.41, 5.74) is 0.781. The van der Waals surface area contributed by atoms with E-state index in [1.807, 2.05) is 0 Å². The number of esters is 1. The van der Waals surface area contributed by atoms with Crippen molar-refractivity contribution < 1.29 is 19.1 Å². The lowest BCUT2D eigenvalue weighted by atomic mass is 9.47. The van der Waals surface area contributed by atoms with Crippen LogP contribution in [0.3, 0.4) is 0 Å². The van der Waals surface area contributed by atoms with Gasteiger partial charge in [0.25, 0.3) is 0 Å². The molecule has 3 fully saturated rings. The van der Waals surface area contributed by atoms with E-state index in [0.717, 1.165) is 56.9 Å². The summed E-state index contributed by atoms with van der Waals surface area (Å²) in [6.07, 6.45) is 10.8. The Kier molecular flexibility index (Phi) is 5.50. The lowest BCUT2D eigenvalue weighted by molar-refractivity contribution is -0.156. The van der Waals surface area contributed by atoms with Crippen molar-refractivity contribution in [3.05, 3.63) is 11.6 Å². The highest BCUT2D eigenvalue weighted by atomic mass is 16.5.